The molecule has 0 heterocycles. The largest absolute Gasteiger partial charge is 0.193 e. The van der Waals surface area contributed by atoms with Crippen LogP contribution in [-0.4, -0.2) is 0 Å². The normalized spacial score (nSPS) is 25.0. The average Bonchev–Trinajstić information content (AvgIpc) is 1.85. The highest BCUT2D eigenvalue weighted by molar-refractivity contribution is 5.28. The Morgan fingerprint density at radius 2 is 2.36 bits per heavy atom. The second kappa shape index (κ2) is 2.92. The third-order valence-corrected chi connectivity index (χ3v) is 1.93. The summed E-state index contributed by atoms with van der Waals surface area (Å²) in [7, 11) is 0. The first-order valence-corrected chi connectivity index (χ1v) is 3.89. The van der Waals surface area contributed by atoms with Gasteiger partial charge in [0, 0.05) is 6.08 Å². The first-order valence-electron chi connectivity index (χ1n) is 3.89. The van der Waals surface area contributed by atoms with Crippen LogP contribution in [0.4, 0.5) is 0 Å². The van der Waals surface area contributed by atoms with Gasteiger partial charge in [0.2, 0.25) is 0 Å². The maximum Gasteiger partial charge on any atom is 0.0914 e. The summed E-state index contributed by atoms with van der Waals surface area (Å²) in [5, 5.41) is 8.43. The van der Waals surface area contributed by atoms with Gasteiger partial charge in [-0.2, -0.15) is 5.26 Å². The summed E-state index contributed by atoms with van der Waals surface area (Å²) in [6.45, 7) is 4.45. The van der Waals surface area contributed by atoms with E-state index in [0.29, 0.717) is 5.41 Å². The Morgan fingerprint density at radius 3 is 2.91 bits per heavy atom. The molecule has 0 spiro atoms. The number of rotatable bonds is 0. The molecule has 1 nitrogen and oxygen atoms in total. The lowest BCUT2D eigenvalue weighted by Gasteiger charge is -2.26. The van der Waals surface area contributed by atoms with Gasteiger partial charge < -0.3 is 0 Å². The molecule has 0 radical (unpaired) electrons. The fourth-order valence-electron chi connectivity index (χ4n) is 1.40. The molecule has 0 unspecified atom stereocenters. The smallest absolute Gasteiger partial charge is 0.0914 e. The monoisotopic (exact) mass is 147 g/mol. The van der Waals surface area contributed by atoms with E-state index in [2.05, 4.69) is 32.1 Å². The predicted octanol–water partition coefficient (Wildman–Crippen LogP) is 2.81. The molecule has 0 amide bonds. The van der Waals surface area contributed by atoms with Gasteiger partial charge in [-0.3, -0.25) is 0 Å². The molecule has 1 rings (SSSR count). The van der Waals surface area contributed by atoms with Gasteiger partial charge in [-0.05, 0) is 23.8 Å². The van der Waals surface area contributed by atoms with E-state index < -0.39 is 0 Å². The number of nitriles is 1. The van der Waals surface area contributed by atoms with Gasteiger partial charge >= 0.3 is 0 Å². The van der Waals surface area contributed by atoms with Crippen molar-refractivity contribution in [3.63, 3.8) is 0 Å². The Bertz CT molecular complexity index is 238. The Labute approximate surface area is 68.0 Å². The van der Waals surface area contributed by atoms with Crippen molar-refractivity contribution in [2.45, 2.75) is 26.7 Å². The molecule has 0 saturated heterocycles. The van der Waals surface area contributed by atoms with Crippen molar-refractivity contribution in [3.05, 3.63) is 23.8 Å². The molecule has 0 aromatic carbocycles. The number of allylic oxidation sites excluding steroid dienone is 4. The third kappa shape index (κ3) is 2.23. The lowest BCUT2D eigenvalue weighted by molar-refractivity contribution is 0.362. The van der Waals surface area contributed by atoms with E-state index in [4.69, 9.17) is 5.26 Å². The lowest BCUT2D eigenvalue weighted by Crippen LogP contribution is -2.13. The minimum atomic E-state index is 0.345. The van der Waals surface area contributed by atoms with Crippen LogP contribution < -0.4 is 0 Å². The minimum Gasteiger partial charge on any atom is -0.193 e. The molecule has 0 atom stereocenters. The molecule has 0 aromatic heterocycles. The molecule has 0 bridgehead atoms. The van der Waals surface area contributed by atoms with Crippen molar-refractivity contribution in [3.8, 4) is 6.07 Å². The van der Waals surface area contributed by atoms with Crippen molar-refractivity contribution < 1.29 is 0 Å². The van der Waals surface area contributed by atoms with Gasteiger partial charge in [-0.15, -0.1) is 0 Å². The molecule has 1 heteroatoms. The van der Waals surface area contributed by atoms with Crippen LogP contribution in [0.3, 0.4) is 0 Å². The van der Waals surface area contributed by atoms with Crippen LogP contribution in [0.15, 0.2) is 23.8 Å². The Morgan fingerprint density at radius 1 is 1.64 bits per heavy atom. The zero-order valence-corrected chi connectivity index (χ0v) is 7.09. The molecule has 0 aromatic rings. The van der Waals surface area contributed by atoms with Crippen molar-refractivity contribution in [2.75, 3.05) is 0 Å². The van der Waals surface area contributed by atoms with Crippen LogP contribution in [0.2, 0.25) is 0 Å². The molecular weight excluding hydrogens is 134 g/mol. The van der Waals surface area contributed by atoms with Gasteiger partial charge in [-0.1, -0.05) is 26.0 Å². The summed E-state index contributed by atoms with van der Waals surface area (Å²) in [4.78, 5) is 0. The fraction of sp³-hybridized carbons (Fsp3) is 0.500. The first kappa shape index (κ1) is 8.07. The summed E-state index contributed by atoms with van der Waals surface area (Å²) in [5.41, 5.74) is 1.50. The molecule has 11 heavy (non-hydrogen) atoms. The Kier molecular flexibility index (Phi) is 2.14. The van der Waals surface area contributed by atoms with E-state index in [1.54, 1.807) is 6.08 Å². The van der Waals surface area contributed by atoms with Crippen LogP contribution in [0.1, 0.15) is 26.7 Å². The first-order chi connectivity index (χ1) is 5.14. The van der Waals surface area contributed by atoms with Crippen LogP contribution in [-0.2, 0) is 0 Å². The topological polar surface area (TPSA) is 23.8 Å². The second-order valence-corrected chi connectivity index (χ2v) is 3.80. The van der Waals surface area contributed by atoms with Crippen molar-refractivity contribution in [2.24, 2.45) is 5.41 Å². The number of hydrogen-bond acceptors (Lipinski definition) is 1. The maximum atomic E-state index is 8.43. The minimum absolute atomic E-state index is 0.345. The molecular formula is C10H13N. The van der Waals surface area contributed by atoms with Gasteiger partial charge in [-0.25, -0.2) is 0 Å². The Hall–Kier alpha value is -1.03. The van der Waals surface area contributed by atoms with Crippen LogP contribution in [0.25, 0.3) is 0 Å². The van der Waals surface area contributed by atoms with Gasteiger partial charge in [0.05, 0.1) is 6.07 Å². The average molecular weight is 147 g/mol. The summed E-state index contributed by atoms with van der Waals surface area (Å²) >= 11 is 0. The van der Waals surface area contributed by atoms with E-state index in [0.717, 1.165) is 18.4 Å². The van der Waals surface area contributed by atoms with E-state index in [1.807, 2.05) is 0 Å². The molecule has 0 aliphatic heterocycles. The quantitative estimate of drug-likeness (QED) is 0.483. The van der Waals surface area contributed by atoms with Gasteiger partial charge in [0.25, 0.3) is 0 Å². The lowest BCUT2D eigenvalue weighted by atomic mass is 9.79. The van der Waals surface area contributed by atoms with Gasteiger partial charge in [0.15, 0.2) is 0 Å². The molecule has 1 aliphatic rings. The van der Waals surface area contributed by atoms with E-state index >= 15 is 0 Å². The summed E-state index contributed by atoms with van der Waals surface area (Å²) in [5.74, 6) is 0. The van der Waals surface area contributed by atoms with Gasteiger partial charge in [0.1, 0.15) is 0 Å². The zero-order valence-electron chi connectivity index (χ0n) is 7.09. The summed E-state index contributed by atoms with van der Waals surface area (Å²) in [6.07, 6.45) is 7.98. The van der Waals surface area contributed by atoms with E-state index in [-0.39, 0.29) is 0 Å². The molecule has 0 fully saturated rings. The van der Waals surface area contributed by atoms with Crippen molar-refractivity contribution >= 4 is 0 Å². The fourth-order valence-corrected chi connectivity index (χ4v) is 1.40. The number of nitrogens with zero attached hydrogens (tertiary/aromatic N) is 1. The molecule has 0 N–H and O–H groups in total. The zero-order chi connectivity index (χ0) is 8.32. The summed E-state index contributed by atoms with van der Waals surface area (Å²) < 4.78 is 0. The molecule has 58 valence electrons. The Balaban J connectivity index is 2.77. The SMILES string of the molecule is CC1(C)CC=C/C(=C/C#N)C1. The van der Waals surface area contributed by atoms with E-state index in [9.17, 15) is 0 Å². The van der Waals surface area contributed by atoms with Crippen LogP contribution in [0.5, 0.6) is 0 Å². The maximum absolute atomic E-state index is 8.43. The van der Waals surface area contributed by atoms with E-state index in [1.165, 1.54) is 0 Å². The molecule has 1 aliphatic carbocycles. The second-order valence-electron chi connectivity index (χ2n) is 3.80. The molecule has 0 saturated carbocycles. The highest BCUT2D eigenvalue weighted by Crippen LogP contribution is 2.33. The number of hydrogen-bond donors (Lipinski definition) is 0. The highest BCUT2D eigenvalue weighted by atomic mass is 14.3. The van der Waals surface area contributed by atoms with Crippen LogP contribution in [0, 0.1) is 16.7 Å². The third-order valence-electron chi connectivity index (χ3n) is 1.93. The van der Waals surface area contributed by atoms with Crippen LogP contribution >= 0.6 is 0 Å². The predicted molar refractivity (Wildman–Crippen MR) is 45.9 cm³/mol. The highest BCUT2D eigenvalue weighted by Gasteiger charge is 2.20. The summed E-state index contributed by atoms with van der Waals surface area (Å²) in [6, 6.07) is 2.06. The van der Waals surface area contributed by atoms with Crippen molar-refractivity contribution in [1.82, 2.24) is 0 Å². The standard InChI is InChI=1S/C10H13N/c1-10(2)6-3-4-9(8-10)5-7-11/h3-5H,6,8H2,1-2H3/b9-5-. The van der Waals surface area contributed by atoms with Crippen molar-refractivity contribution in [1.29, 1.82) is 5.26 Å².